The van der Waals surface area contributed by atoms with Gasteiger partial charge in [-0.25, -0.2) is 8.91 Å². The average Bonchev–Trinajstić information content (AvgIpc) is 3.18. The molecule has 4 aromatic rings. The molecule has 0 bridgehead atoms. The highest BCUT2D eigenvalue weighted by Gasteiger charge is 2.24. The first-order chi connectivity index (χ1) is 14.8. The van der Waals surface area contributed by atoms with Crippen molar-refractivity contribution < 1.29 is 4.39 Å². The summed E-state index contributed by atoms with van der Waals surface area (Å²) in [4.78, 5) is 2.48. The molecule has 0 spiro atoms. The van der Waals surface area contributed by atoms with E-state index in [0.717, 1.165) is 50.3 Å². The van der Waals surface area contributed by atoms with E-state index in [-0.39, 0.29) is 5.82 Å². The van der Waals surface area contributed by atoms with Crippen molar-refractivity contribution >= 4 is 11.3 Å². The Morgan fingerprint density at radius 2 is 1.77 bits per heavy atom. The molecular weight excluding hydrogens is 375 g/mol. The SMILES string of the molecule is Fc1ccc(-c2cn3nc(CN4CCCc5ccccc54)n4c3c2CCCC4)cc1. The summed E-state index contributed by atoms with van der Waals surface area (Å²) in [5, 5.41) is 5.02. The van der Waals surface area contributed by atoms with Gasteiger partial charge in [-0.2, -0.15) is 5.10 Å². The molecule has 2 aliphatic rings. The van der Waals surface area contributed by atoms with Crippen LogP contribution in [0.2, 0.25) is 0 Å². The molecule has 0 radical (unpaired) electrons. The first kappa shape index (κ1) is 17.8. The zero-order chi connectivity index (χ0) is 20.1. The van der Waals surface area contributed by atoms with Gasteiger partial charge < -0.3 is 9.47 Å². The second kappa shape index (κ2) is 7.01. The highest BCUT2D eigenvalue weighted by Crippen LogP contribution is 2.34. The molecule has 152 valence electrons. The number of benzene rings is 2. The number of aryl methyl sites for hydroxylation is 3. The topological polar surface area (TPSA) is 25.5 Å². The third-order valence-corrected chi connectivity index (χ3v) is 6.61. The Hall–Kier alpha value is -3.08. The van der Waals surface area contributed by atoms with E-state index in [2.05, 4.69) is 44.4 Å². The maximum absolute atomic E-state index is 13.4. The summed E-state index contributed by atoms with van der Waals surface area (Å²) in [7, 11) is 0. The van der Waals surface area contributed by atoms with E-state index in [9.17, 15) is 4.39 Å². The van der Waals surface area contributed by atoms with Crippen molar-refractivity contribution in [2.75, 3.05) is 11.4 Å². The smallest absolute Gasteiger partial charge is 0.151 e. The molecule has 0 fully saturated rings. The maximum atomic E-state index is 13.4. The molecule has 0 amide bonds. The minimum atomic E-state index is -0.194. The molecule has 5 heteroatoms. The number of nitrogens with zero attached hydrogens (tertiary/aromatic N) is 4. The van der Waals surface area contributed by atoms with Crippen LogP contribution in [0.25, 0.3) is 16.8 Å². The lowest BCUT2D eigenvalue weighted by molar-refractivity contribution is 0.594. The van der Waals surface area contributed by atoms with Crippen molar-refractivity contribution in [3.8, 4) is 11.1 Å². The van der Waals surface area contributed by atoms with Crippen molar-refractivity contribution in [1.82, 2.24) is 14.2 Å². The number of para-hydroxylation sites is 1. The maximum Gasteiger partial charge on any atom is 0.151 e. The molecule has 2 aromatic heterocycles. The third-order valence-electron chi connectivity index (χ3n) is 6.61. The number of rotatable bonds is 3. The fourth-order valence-electron chi connectivity index (χ4n) is 5.18. The molecule has 0 N–H and O–H groups in total. The number of halogens is 1. The summed E-state index contributed by atoms with van der Waals surface area (Å²) in [5.74, 6) is 0.940. The van der Waals surface area contributed by atoms with Crippen molar-refractivity contribution in [1.29, 1.82) is 0 Å². The van der Waals surface area contributed by atoms with Crippen LogP contribution in [0.5, 0.6) is 0 Å². The van der Waals surface area contributed by atoms with E-state index in [1.54, 1.807) is 12.1 Å². The lowest BCUT2D eigenvalue weighted by Crippen LogP contribution is -2.30. The highest BCUT2D eigenvalue weighted by atomic mass is 19.1. The van der Waals surface area contributed by atoms with Gasteiger partial charge in [-0.05, 0) is 61.4 Å². The van der Waals surface area contributed by atoms with E-state index in [1.807, 2.05) is 12.1 Å². The van der Waals surface area contributed by atoms with Crippen molar-refractivity contribution in [2.24, 2.45) is 0 Å². The zero-order valence-electron chi connectivity index (χ0n) is 17.0. The molecule has 4 nitrogen and oxygen atoms in total. The van der Waals surface area contributed by atoms with Crippen LogP contribution in [0.15, 0.2) is 54.7 Å². The Balaban J connectivity index is 1.42. The molecule has 4 heterocycles. The van der Waals surface area contributed by atoms with Gasteiger partial charge in [0.1, 0.15) is 11.5 Å². The van der Waals surface area contributed by atoms with Crippen LogP contribution in [-0.2, 0) is 25.9 Å². The van der Waals surface area contributed by atoms with Crippen molar-refractivity contribution in [2.45, 2.75) is 45.2 Å². The van der Waals surface area contributed by atoms with Gasteiger partial charge in [-0.1, -0.05) is 30.3 Å². The molecule has 0 atom stereocenters. The van der Waals surface area contributed by atoms with Gasteiger partial charge in [-0.3, -0.25) is 0 Å². The minimum Gasteiger partial charge on any atom is -0.364 e. The van der Waals surface area contributed by atoms with Gasteiger partial charge in [-0.15, -0.1) is 0 Å². The van der Waals surface area contributed by atoms with E-state index in [0.29, 0.717) is 0 Å². The Kier molecular flexibility index (Phi) is 4.15. The molecular formula is C25H25FN4. The van der Waals surface area contributed by atoms with Crippen LogP contribution in [0.3, 0.4) is 0 Å². The van der Waals surface area contributed by atoms with Crippen molar-refractivity contribution in [3.63, 3.8) is 0 Å². The number of anilines is 1. The van der Waals surface area contributed by atoms with Gasteiger partial charge in [0.25, 0.3) is 0 Å². The average molecular weight is 401 g/mol. The normalized spacial score (nSPS) is 16.0. The van der Waals surface area contributed by atoms with Crippen LogP contribution in [0.1, 0.15) is 36.2 Å². The largest absolute Gasteiger partial charge is 0.364 e. The van der Waals surface area contributed by atoms with Crippen LogP contribution in [0.4, 0.5) is 10.1 Å². The Bertz CT molecular complexity index is 1220. The summed E-state index contributed by atoms with van der Waals surface area (Å²) >= 11 is 0. The Morgan fingerprint density at radius 3 is 2.67 bits per heavy atom. The Labute approximate surface area is 175 Å². The predicted molar refractivity (Wildman–Crippen MR) is 117 cm³/mol. The van der Waals surface area contributed by atoms with Gasteiger partial charge in [0.15, 0.2) is 5.82 Å². The fraction of sp³-hybridized carbons (Fsp3) is 0.320. The van der Waals surface area contributed by atoms with Gasteiger partial charge in [0.2, 0.25) is 0 Å². The van der Waals surface area contributed by atoms with E-state index in [4.69, 9.17) is 5.10 Å². The lowest BCUT2D eigenvalue weighted by Gasteiger charge is -2.31. The summed E-state index contributed by atoms with van der Waals surface area (Å²) in [6.07, 6.45) is 7.85. The number of hydrogen-bond donors (Lipinski definition) is 0. The molecule has 6 rings (SSSR count). The number of fused-ring (bicyclic) bond motifs is 1. The van der Waals surface area contributed by atoms with E-state index < -0.39 is 0 Å². The third kappa shape index (κ3) is 2.83. The van der Waals surface area contributed by atoms with Crippen LogP contribution < -0.4 is 4.90 Å². The van der Waals surface area contributed by atoms with Gasteiger partial charge in [0, 0.05) is 36.1 Å². The number of aromatic nitrogens is 3. The van der Waals surface area contributed by atoms with Crippen LogP contribution >= 0.6 is 0 Å². The van der Waals surface area contributed by atoms with Crippen LogP contribution in [-0.4, -0.2) is 20.7 Å². The van der Waals surface area contributed by atoms with E-state index in [1.165, 1.54) is 40.9 Å². The fourth-order valence-corrected chi connectivity index (χ4v) is 5.18. The molecule has 30 heavy (non-hydrogen) atoms. The quantitative estimate of drug-likeness (QED) is 0.470. The summed E-state index contributed by atoms with van der Waals surface area (Å²) in [5.41, 5.74) is 7.60. The minimum absolute atomic E-state index is 0.194. The molecule has 2 aromatic carbocycles. The van der Waals surface area contributed by atoms with E-state index >= 15 is 0 Å². The first-order valence-corrected chi connectivity index (χ1v) is 11.0. The molecule has 2 aliphatic heterocycles. The monoisotopic (exact) mass is 400 g/mol. The van der Waals surface area contributed by atoms with Gasteiger partial charge in [0.05, 0.1) is 6.54 Å². The standard InChI is InChI=1S/C25H25FN4/c26-20-12-10-18(11-13-20)22-16-30-25-21(22)8-3-4-15-29(25)24(27-30)17-28-14-5-7-19-6-1-2-9-23(19)28/h1-2,6,9-13,16H,3-5,7-8,14-15,17H2. The zero-order valence-corrected chi connectivity index (χ0v) is 17.0. The molecule has 0 unspecified atom stereocenters. The summed E-state index contributed by atoms with van der Waals surface area (Å²) in [6.45, 7) is 2.92. The lowest BCUT2D eigenvalue weighted by atomic mass is 10.0. The first-order valence-electron chi connectivity index (χ1n) is 11.0. The molecule has 0 saturated heterocycles. The second-order valence-electron chi connectivity index (χ2n) is 8.48. The summed E-state index contributed by atoms with van der Waals surface area (Å²) < 4.78 is 17.9. The highest BCUT2D eigenvalue weighted by molar-refractivity contribution is 5.75. The Morgan fingerprint density at radius 1 is 0.900 bits per heavy atom. The molecule has 0 aliphatic carbocycles. The van der Waals surface area contributed by atoms with Crippen LogP contribution in [0, 0.1) is 5.82 Å². The molecule has 0 saturated carbocycles. The number of hydrogen-bond acceptors (Lipinski definition) is 2. The van der Waals surface area contributed by atoms with Gasteiger partial charge >= 0.3 is 0 Å². The van der Waals surface area contributed by atoms with Crippen molar-refractivity contribution in [3.05, 3.63) is 77.5 Å². The summed E-state index contributed by atoms with van der Waals surface area (Å²) in [6, 6.07) is 15.6. The predicted octanol–water partition coefficient (Wildman–Crippen LogP) is 5.23. The second-order valence-corrected chi connectivity index (χ2v) is 8.48.